The van der Waals surface area contributed by atoms with Crippen LogP contribution in [0.25, 0.3) is 43.1 Å². The third-order valence-electron chi connectivity index (χ3n) is 8.02. The lowest BCUT2D eigenvalue weighted by Gasteiger charge is -2.12. The quantitative estimate of drug-likeness (QED) is 0.110. The van der Waals surface area contributed by atoms with Crippen molar-refractivity contribution in [3.63, 3.8) is 0 Å². The van der Waals surface area contributed by atoms with Gasteiger partial charge in [-0.3, -0.25) is 0 Å². The fraction of sp³-hybridized carbons (Fsp3) is 0.353. The van der Waals surface area contributed by atoms with E-state index in [2.05, 4.69) is 38.1 Å². The zero-order chi connectivity index (χ0) is 28.3. The number of benzene rings is 5. The van der Waals surface area contributed by atoms with Crippen LogP contribution >= 0.6 is 0 Å². The second-order valence-electron chi connectivity index (χ2n) is 10.9. The number of fused-ring (bicyclic) bond motifs is 7. The smallest absolute Gasteiger partial charge is 0.178 e. The van der Waals surface area contributed by atoms with Gasteiger partial charge in [-0.15, -0.1) is 0 Å². The third-order valence-corrected chi connectivity index (χ3v) is 11.6. The van der Waals surface area contributed by atoms with Gasteiger partial charge in [-0.1, -0.05) is 101 Å². The number of sulfone groups is 2. The van der Waals surface area contributed by atoms with Gasteiger partial charge >= 0.3 is 0 Å². The fourth-order valence-corrected chi connectivity index (χ4v) is 8.52. The lowest BCUT2D eigenvalue weighted by atomic mass is 9.94. The van der Waals surface area contributed by atoms with Crippen LogP contribution in [-0.4, -0.2) is 28.3 Å². The molecule has 0 N–H and O–H groups in total. The number of unbranched alkanes of at least 4 members (excludes halogenated alkanes) is 6. The van der Waals surface area contributed by atoms with Gasteiger partial charge in [0.05, 0.1) is 21.3 Å². The summed E-state index contributed by atoms with van der Waals surface area (Å²) in [6, 6.07) is 23.3. The minimum atomic E-state index is -3.31. The summed E-state index contributed by atoms with van der Waals surface area (Å²) in [6.45, 7) is 4.24. The zero-order valence-corrected chi connectivity index (χ0v) is 25.1. The van der Waals surface area contributed by atoms with Gasteiger partial charge in [0.2, 0.25) is 0 Å². The summed E-state index contributed by atoms with van der Waals surface area (Å²) in [5.41, 5.74) is 0. The van der Waals surface area contributed by atoms with Gasteiger partial charge in [0.15, 0.2) is 19.7 Å². The van der Waals surface area contributed by atoms with Gasteiger partial charge in [-0.2, -0.15) is 0 Å². The maximum atomic E-state index is 12.9. The van der Waals surface area contributed by atoms with Crippen LogP contribution in [0.15, 0.2) is 82.6 Å². The molecule has 4 nitrogen and oxygen atoms in total. The molecule has 210 valence electrons. The van der Waals surface area contributed by atoms with E-state index in [0.717, 1.165) is 81.6 Å². The summed E-state index contributed by atoms with van der Waals surface area (Å²) in [7, 11) is -6.62. The lowest BCUT2D eigenvalue weighted by Crippen LogP contribution is -2.06. The van der Waals surface area contributed by atoms with E-state index in [-0.39, 0.29) is 11.5 Å². The molecule has 0 heterocycles. The Bertz CT molecular complexity index is 1770. The van der Waals surface area contributed by atoms with Gasteiger partial charge in [0, 0.05) is 0 Å². The highest BCUT2D eigenvalue weighted by atomic mass is 32.2. The highest BCUT2D eigenvalue weighted by Crippen LogP contribution is 2.36. The van der Waals surface area contributed by atoms with Crippen LogP contribution < -0.4 is 0 Å². The van der Waals surface area contributed by atoms with Crippen molar-refractivity contribution in [1.82, 2.24) is 0 Å². The number of rotatable bonds is 12. The molecule has 0 fully saturated rings. The van der Waals surface area contributed by atoms with E-state index >= 15 is 0 Å². The van der Waals surface area contributed by atoms with Crippen LogP contribution in [0.5, 0.6) is 0 Å². The van der Waals surface area contributed by atoms with Crippen LogP contribution in [0, 0.1) is 0 Å². The van der Waals surface area contributed by atoms with E-state index in [4.69, 9.17) is 0 Å². The first-order chi connectivity index (χ1) is 19.2. The first kappa shape index (κ1) is 28.6. The minimum Gasteiger partial charge on any atom is -0.224 e. The summed E-state index contributed by atoms with van der Waals surface area (Å²) < 4.78 is 51.7. The standard InChI is InChI=1S/C34H38O4S2/c1-3-5-7-9-21-39(35,36)27-13-17-29-25(23-27)11-15-33-31(29)19-20-32-30-18-14-28(24-26(30)12-16-34(32)33)40(37,38)22-10-8-6-4-2/h11-20,23-24H,3-10,21-22H2,1-2H3. The molecule has 0 aliphatic carbocycles. The van der Waals surface area contributed by atoms with Crippen molar-refractivity contribution < 1.29 is 16.8 Å². The van der Waals surface area contributed by atoms with E-state index in [1.54, 1.807) is 24.3 Å². The third kappa shape index (κ3) is 5.75. The van der Waals surface area contributed by atoms with Crippen molar-refractivity contribution in [1.29, 1.82) is 0 Å². The fourth-order valence-electron chi connectivity index (χ4n) is 5.72. The van der Waals surface area contributed by atoms with Crippen LogP contribution in [0.3, 0.4) is 0 Å². The molecule has 0 radical (unpaired) electrons. The average Bonchev–Trinajstić information content (AvgIpc) is 2.96. The van der Waals surface area contributed by atoms with Crippen molar-refractivity contribution in [2.75, 3.05) is 11.5 Å². The van der Waals surface area contributed by atoms with Crippen molar-refractivity contribution in [2.24, 2.45) is 0 Å². The van der Waals surface area contributed by atoms with Crippen molar-refractivity contribution in [3.8, 4) is 0 Å². The normalized spacial score (nSPS) is 12.7. The zero-order valence-electron chi connectivity index (χ0n) is 23.4. The van der Waals surface area contributed by atoms with Crippen LogP contribution in [0.1, 0.15) is 65.2 Å². The van der Waals surface area contributed by atoms with Gasteiger partial charge in [0.25, 0.3) is 0 Å². The number of hydrogen-bond acceptors (Lipinski definition) is 4. The maximum absolute atomic E-state index is 12.9. The predicted molar refractivity (Wildman–Crippen MR) is 169 cm³/mol. The molecular formula is C34H38O4S2. The lowest BCUT2D eigenvalue weighted by molar-refractivity contribution is 0.587. The van der Waals surface area contributed by atoms with Gasteiger partial charge in [0.1, 0.15) is 0 Å². The monoisotopic (exact) mass is 574 g/mol. The highest BCUT2D eigenvalue weighted by Gasteiger charge is 2.17. The van der Waals surface area contributed by atoms with Crippen LogP contribution in [0.4, 0.5) is 0 Å². The Morgan fingerprint density at radius 3 is 1.18 bits per heavy atom. The molecule has 6 heteroatoms. The van der Waals surface area contributed by atoms with E-state index in [1.807, 2.05) is 24.3 Å². The average molecular weight is 575 g/mol. The Hall–Kier alpha value is -2.96. The largest absolute Gasteiger partial charge is 0.224 e. The number of hydrogen-bond donors (Lipinski definition) is 0. The molecule has 0 aliphatic heterocycles. The van der Waals surface area contributed by atoms with Crippen molar-refractivity contribution >= 4 is 62.8 Å². The molecule has 5 rings (SSSR count). The molecule has 0 aromatic heterocycles. The summed E-state index contributed by atoms with van der Waals surface area (Å²) in [5, 5.41) is 8.20. The summed E-state index contributed by atoms with van der Waals surface area (Å²) >= 11 is 0. The van der Waals surface area contributed by atoms with Gasteiger partial charge in [-0.05, 0) is 80.2 Å². The summed E-state index contributed by atoms with van der Waals surface area (Å²) in [4.78, 5) is 0.775. The SMILES string of the molecule is CCCCCCS(=O)(=O)c1ccc2c(ccc3c2ccc2c4ccc(S(=O)(=O)CCCCCC)cc4ccc23)c1. The second kappa shape index (κ2) is 11.9. The molecule has 0 saturated carbocycles. The Labute approximate surface area is 238 Å². The first-order valence-electron chi connectivity index (χ1n) is 14.5. The first-order valence-corrected chi connectivity index (χ1v) is 17.8. The summed E-state index contributed by atoms with van der Waals surface area (Å²) in [6.07, 6.45) is 7.53. The minimum absolute atomic E-state index is 0.186. The molecular weight excluding hydrogens is 537 g/mol. The maximum Gasteiger partial charge on any atom is 0.178 e. The molecule has 40 heavy (non-hydrogen) atoms. The van der Waals surface area contributed by atoms with E-state index in [0.29, 0.717) is 22.6 Å². The Morgan fingerprint density at radius 1 is 0.425 bits per heavy atom. The van der Waals surface area contributed by atoms with E-state index in [9.17, 15) is 16.8 Å². The van der Waals surface area contributed by atoms with E-state index < -0.39 is 19.7 Å². The molecule has 0 bridgehead atoms. The topological polar surface area (TPSA) is 68.3 Å². The molecule has 0 amide bonds. The molecule has 0 aliphatic rings. The molecule has 0 saturated heterocycles. The van der Waals surface area contributed by atoms with Crippen LogP contribution in [0.2, 0.25) is 0 Å². The Balaban J connectivity index is 1.50. The summed E-state index contributed by atoms with van der Waals surface area (Å²) in [5.74, 6) is 0.372. The van der Waals surface area contributed by atoms with Gasteiger partial charge in [-0.25, -0.2) is 16.8 Å². The second-order valence-corrected chi connectivity index (χ2v) is 15.1. The Kier molecular flexibility index (Phi) is 8.48. The molecule has 0 unspecified atom stereocenters. The predicted octanol–water partition coefficient (Wildman–Crippen LogP) is 9.01. The van der Waals surface area contributed by atoms with Gasteiger partial charge < -0.3 is 0 Å². The molecule has 0 spiro atoms. The molecule has 5 aromatic rings. The van der Waals surface area contributed by atoms with E-state index in [1.165, 1.54) is 0 Å². The van der Waals surface area contributed by atoms with Crippen LogP contribution in [-0.2, 0) is 19.7 Å². The van der Waals surface area contributed by atoms with Crippen molar-refractivity contribution in [3.05, 3.63) is 72.8 Å². The Morgan fingerprint density at radius 2 is 0.775 bits per heavy atom. The molecule has 0 atom stereocenters. The van der Waals surface area contributed by atoms with Crippen molar-refractivity contribution in [2.45, 2.75) is 75.0 Å². The molecule has 5 aromatic carbocycles. The highest BCUT2D eigenvalue weighted by molar-refractivity contribution is 7.91.